The molecular formula is C24H36O7. The summed E-state index contributed by atoms with van der Waals surface area (Å²) >= 11 is 0. The molecular weight excluding hydrogens is 400 g/mol. The third kappa shape index (κ3) is 11.4. The Kier molecular flexibility index (Phi) is 13.8. The molecule has 0 fully saturated rings. The van der Waals surface area contributed by atoms with Crippen LogP contribution in [0.5, 0.6) is 0 Å². The average molecular weight is 437 g/mol. The van der Waals surface area contributed by atoms with Gasteiger partial charge < -0.3 is 24.8 Å². The van der Waals surface area contributed by atoms with Crippen molar-refractivity contribution in [3.05, 3.63) is 48.0 Å². The smallest absolute Gasteiger partial charge is 0.377 e. The number of allylic oxidation sites excluding steroid dienone is 6. The number of aliphatic hydroxyl groups excluding tert-OH is 3. The van der Waals surface area contributed by atoms with Gasteiger partial charge in [0.05, 0.1) is 0 Å². The Bertz CT molecular complexity index is 661. The van der Waals surface area contributed by atoms with E-state index < -0.39 is 42.3 Å². The van der Waals surface area contributed by atoms with E-state index in [2.05, 4.69) is 48.1 Å². The fourth-order valence-electron chi connectivity index (χ4n) is 2.89. The monoisotopic (exact) mass is 436 g/mol. The van der Waals surface area contributed by atoms with Gasteiger partial charge in [0, 0.05) is 6.42 Å². The molecule has 0 spiro atoms. The lowest BCUT2D eigenvalue weighted by molar-refractivity contribution is -0.154. The van der Waals surface area contributed by atoms with Crippen LogP contribution in [0, 0.1) is 0 Å². The average Bonchev–Trinajstić information content (AvgIpc) is 3.02. The van der Waals surface area contributed by atoms with Crippen LogP contribution in [0.1, 0.15) is 71.1 Å². The quantitative estimate of drug-likeness (QED) is 0.182. The minimum atomic E-state index is -1.44. The highest BCUT2D eigenvalue weighted by atomic mass is 16.6. The van der Waals surface area contributed by atoms with E-state index in [0.29, 0.717) is 6.42 Å². The molecule has 31 heavy (non-hydrogen) atoms. The molecule has 0 aromatic carbocycles. The Morgan fingerprint density at radius 2 is 1.58 bits per heavy atom. The van der Waals surface area contributed by atoms with Crippen molar-refractivity contribution in [1.82, 2.24) is 0 Å². The molecule has 1 rings (SSSR count). The van der Waals surface area contributed by atoms with E-state index in [1.54, 1.807) is 0 Å². The molecule has 2 atom stereocenters. The van der Waals surface area contributed by atoms with Crippen LogP contribution in [-0.2, 0) is 19.1 Å². The van der Waals surface area contributed by atoms with Crippen LogP contribution < -0.4 is 0 Å². The molecule has 0 bridgehead atoms. The van der Waals surface area contributed by atoms with Gasteiger partial charge in [0.15, 0.2) is 11.9 Å². The highest BCUT2D eigenvalue weighted by Gasteiger charge is 2.39. The Morgan fingerprint density at radius 3 is 2.13 bits per heavy atom. The molecule has 1 aliphatic rings. The van der Waals surface area contributed by atoms with Crippen LogP contribution >= 0.6 is 0 Å². The van der Waals surface area contributed by atoms with Crippen LogP contribution in [0.3, 0.4) is 0 Å². The molecule has 1 aliphatic heterocycles. The third-order valence-electron chi connectivity index (χ3n) is 4.72. The molecule has 3 N–H and O–H groups in total. The van der Waals surface area contributed by atoms with Gasteiger partial charge in [-0.2, -0.15) is 0 Å². The van der Waals surface area contributed by atoms with Crippen molar-refractivity contribution >= 4 is 11.9 Å². The van der Waals surface area contributed by atoms with Gasteiger partial charge in [-0.1, -0.05) is 56.2 Å². The Labute approximate surface area is 184 Å². The largest absolute Gasteiger partial charge is 0.505 e. The van der Waals surface area contributed by atoms with Gasteiger partial charge in [-0.3, -0.25) is 4.79 Å². The Balaban J connectivity index is 2.02. The van der Waals surface area contributed by atoms with Crippen molar-refractivity contribution in [2.45, 2.75) is 83.3 Å². The molecule has 0 aromatic rings. The van der Waals surface area contributed by atoms with Gasteiger partial charge in [-0.25, -0.2) is 4.79 Å². The summed E-state index contributed by atoms with van der Waals surface area (Å²) in [6, 6.07) is 0. The summed E-state index contributed by atoms with van der Waals surface area (Å²) in [5.41, 5.74) is 0. The molecule has 7 heteroatoms. The zero-order chi connectivity index (χ0) is 22.9. The van der Waals surface area contributed by atoms with Crippen LogP contribution in [0.2, 0.25) is 0 Å². The topological polar surface area (TPSA) is 113 Å². The predicted octanol–water partition coefficient (Wildman–Crippen LogP) is 4.73. The van der Waals surface area contributed by atoms with Gasteiger partial charge >= 0.3 is 11.9 Å². The van der Waals surface area contributed by atoms with Crippen molar-refractivity contribution in [3.8, 4) is 0 Å². The van der Waals surface area contributed by atoms with E-state index in [0.717, 1.165) is 32.1 Å². The highest BCUT2D eigenvalue weighted by molar-refractivity contribution is 5.89. The maximum absolute atomic E-state index is 11.7. The summed E-state index contributed by atoms with van der Waals surface area (Å²) in [4.78, 5) is 22.8. The van der Waals surface area contributed by atoms with Crippen LogP contribution in [0.15, 0.2) is 48.0 Å². The predicted molar refractivity (Wildman–Crippen MR) is 118 cm³/mol. The second-order valence-electron chi connectivity index (χ2n) is 7.44. The van der Waals surface area contributed by atoms with E-state index in [-0.39, 0.29) is 6.42 Å². The number of rotatable bonds is 16. The van der Waals surface area contributed by atoms with Crippen LogP contribution in [0.25, 0.3) is 0 Å². The summed E-state index contributed by atoms with van der Waals surface area (Å²) in [5.74, 6) is -3.29. The molecule has 1 heterocycles. The number of esters is 2. The molecule has 0 saturated heterocycles. The summed E-state index contributed by atoms with van der Waals surface area (Å²) in [6.07, 6.45) is 19.5. The number of ether oxygens (including phenoxy) is 2. The molecule has 2 unspecified atom stereocenters. The lowest BCUT2D eigenvalue weighted by Crippen LogP contribution is -2.33. The minimum Gasteiger partial charge on any atom is -0.505 e. The maximum atomic E-state index is 11.7. The first-order valence-electron chi connectivity index (χ1n) is 11.1. The molecule has 0 aromatic heterocycles. The zero-order valence-corrected chi connectivity index (χ0v) is 18.4. The number of cyclic esters (lactones) is 1. The van der Waals surface area contributed by atoms with Crippen molar-refractivity contribution in [2.24, 2.45) is 0 Å². The Hall–Kier alpha value is -2.54. The van der Waals surface area contributed by atoms with Gasteiger partial charge in [-0.05, 0) is 44.9 Å². The Morgan fingerprint density at radius 1 is 1.00 bits per heavy atom. The highest BCUT2D eigenvalue weighted by Crippen LogP contribution is 2.21. The lowest BCUT2D eigenvalue weighted by Gasteiger charge is -2.17. The van der Waals surface area contributed by atoms with E-state index in [1.807, 2.05) is 0 Å². The number of carbonyl (C=O) groups is 2. The molecule has 0 amide bonds. The van der Waals surface area contributed by atoms with E-state index in [1.165, 1.54) is 19.3 Å². The summed E-state index contributed by atoms with van der Waals surface area (Å²) in [7, 11) is 0. The molecule has 0 saturated carbocycles. The summed E-state index contributed by atoms with van der Waals surface area (Å²) in [6.45, 7) is 1.77. The normalized spacial score (nSPS) is 17.9. The number of unbranched alkanes of at least 4 members (excludes halogenated alkanes) is 5. The minimum absolute atomic E-state index is 0.211. The van der Waals surface area contributed by atoms with Crippen LogP contribution in [-0.4, -0.2) is 46.1 Å². The number of carbonyl (C=O) groups excluding carboxylic acids is 2. The molecule has 174 valence electrons. The first-order chi connectivity index (χ1) is 15.0. The van der Waals surface area contributed by atoms with Crippen molar-refractivity contribution < 1.29 is 34.4 Å². The molecule has 7 nitrogen and oxygen atoms in total. The first kappa shape index (κ1) is 26.5. The van der Waals surface area contributed by atoms with Crippen molar-refractivity contribution in [3.63, 3.8) is 0 Å². The molecule has 0 radical (unpaired) electrons. The SMILES string of the molecule is CCCCC/C=C\C/C=C\C/C=C\CCCCC(=O)OCC(O)C1OC(=O)C(O)=C1O. The number of hydrogen-bond donors (Lipinski definition) is 3. The van der Waals surface area contributed by atoms with Gasteiger partial charge in [0.25, 0.3) is 0 Å². The number of aliphatic hydroxyl groups is 3. The fraction of sp³-hybridized carbons (Fsp3) is 0.583. The first-order valence-corrected chi connectivity index (χ1v) is 11.1. The summed E-state index contributed by atoms with van der Waals surface area (Å²) in [5, 5.41) is 28.5. The summed E-state index contributed by atoms with van der Waals surface area (Å²) < 4.78 is 9.53. The van der Waals surface area contributed by atoms with Gasteiger partial charge in [0.1, 0.15) is 12.7 Å². The van der Waals surface area contributed by atoms with Crippen molar-refractivity contribution in [1.29, 1.82) is 0 Å². The fourth-order valence-corrected chi connectivity index (χ4v) is 2.89. The second kappa shape index (κ2) is 16.2. The van der Waals surface area contributed by atoms with E-state index >= 15 is 0 Å². The third-order valence-corrected chi connectivity index (χ3v) is 4.72. The zero-order valence-electron chi connectivity index (χ0n) is 18.4. The second-order valence-corrected chi connectivity index (χ2v) is 7.44. The standard InChI is InChI=1S/C24H36O7/c1-2-3-4-5-6-7-8-9-10-11-12-13-14-15-16-17-20(26)30-18-19(25)23-21(27)22(28)24(29)31-23/h6-7,9-10,12-13,19,23,25,27-28H,2-5,8,11,14-18H2,1H3/b7-6-,10-9-,13-12-. The maximum Gasteiger partial charge on any atom is 0.377 e. The van der Waals surface area contributed by atoms with Gasteiger partial charge in [-0.15, -0.1) is 0 Å². The van der Waals surface area contributed by atoms with Crippen molar-refractivity contribution in [2.75, 3.05) is 6.61 Å². The lowest BCUT2D eigenvalue weighted by atomic mass is 10.1. The van der Waals surface area contributed by atoms with Gasteiger partial charge in [0.2, 0.25) is 5.76 Å². The van der Waals surface area contributed by atoms with Crippen LogP contribution in [0.4, 0.5) is 0 Å². The molecule has 0 aliphatic carbocycles. The van der Waals surface area contributed by atoms with E-state index in [4.69, 9.17) is 4.74 Å². The van der Waals surface area contributed by atoms with E-state index in [9.17, 15) is 24.9 Å². The number of hydrogen-bond acceptors (Lipinski definition) is 7.